The number of anilines is 1. The molecule has 0 atom stereocenters. The first-order valence-corrected chi connectivity index (χ1v) is 12.4. The number of nitrogens with zero attached hydrogens (tertiary/aromatic N) is 3. The van der Waals surface area contributed by atoms with Crippen molar-refractivity contribution in [1.82, 2.24) is 9.13 Å². The zero-order chi connectivity index (χ0) is 25.1. The normalized spacial score (nSPS) is 13.4. The fourth-order valence-electron chi connectivity index (χ4n) is 4.66. The van der Waals surface area contributed by atoms with E-state index in [9.17, 15) is 10.1 Å². The van der Waals surface area contributed by atoms with Crippen molar-refractivity contribution < 1.29 is 14.3 Å². The molecule has 1 N–H and O–H groups in total. The molecule has 2 aromatic heterocycles. The average Bonchev–Trinajstić information content (AvgIpc) is 3.44. The molecule has 1 fully saturated rings. The number of fused-ring (bicyclic) bond motifs is 1. The van der Waals surface area contributed by atoms with Crippen molar-refractivity contribution >= 4 is 22.7 Å². The van der Waals surface area contributed by atoms with Gasteiger partial charge in [-0.15, -0.1) is 0 Å². The van der Waals surface area contributed by atoms with E-state index in [2.05, 4.69) is 26.6 Å². The van der Waals surface area contributed by atoms with E-state index >= 15 is 0 Å². The van der Waals surface area contributed by atoms with Crippen LogP contribution in [0.25, 0.3) is 22.2 Å². The van der Waals surface area contributed by atoms with E-state index in [1.807, 2.05) is 74.8 Å². The van der Waals surface area contributed by atoms with Gasteiger partial charge in [0.1, 0.15) is 18.4 Å². The summed E-state index contributed by atoms with van der Waals surface area (Å²) in [5.41, 5.74) is 4.18. The minimum atomic E-state index is -0.483. The predicted octanol–water partition coefficient (Wildman–Crippen LogP) is 6.74. The maximum Gasteiger partial charge on any atom is 0.411 e. The van der Waals surface area contributed by atoms with Gasteiger partial charge in [-0.25, -0.2) is 4.79 Å². The lowest BCUT2D eigenvalue weighted by Gasteiger charge is -2.30. The lowest BCUT2D eigenvalue weighted by molar-refractivity contribution is 0.130. The molecular weight excluding hydrogens is 452 g/mol. The highest BCUT2D eigenvalue weighted by Gasteiger charge is 2.28. The largest absolute Gasteiger partial charge is 0.492 e. The average molecular weight is 483 g/mol. The van der Waals surface area contributed by atoms with Gasteiger partial charge in [0, 0.05) is 35.6 Å². The third kappa shape index (κ3) is 4.80. The summed E-state index contributed by atoms with van der Waals surface area (Å²) in [4.78, 5) is 12.0. The van der Waals surface area contributed by atoms with Gasteiger partial charge in [-0.05, 0) is 75.1 Å². The number of hydrogen-bond acceptors (Lipinski definition) is 4. The molecule has 5 rings (SSSR count). The van der Waals surface area contributed by atoms with Gasteiger partial charge in [0.05, 0.1) is 29.4 Å². The number of carbonyl (C=O) groups is 1. The van der Waals surface area contributed by atoms with E-state index < -0.39 is 6.09 Å². The molecule has 184 valence electrons. The third-order valence-corrected chi connectivity index (χ3v) is 6.56. The zero-order valence-electron chi connectivity index (χ0n) is 20.6. The van der Waals surface area contributed by atoms with Gasteiger partial charge in [0.15, 0.2) is 0 Å². The van der Waals surface area contributed by atoms with E-state index in [-0.39, 0.29) is 6.10 Å². The summed E-state index contributed by atoms with van der Waals surface area (Å²) >= 11 is 0. The number of benzene rings is 2. The topological polar surface area (TPSA) is 81.2 Å². The van der Waals surface area contributed by atoms with Crippen LogP contribution in [0, 0.1) is 11.3 Å². The van der Waals surface area contributed by atoms with Crippen LogP contribution >= 0.6 is 0 Å². The van der Waals surface area contributed by atoms with Crippen molar-refractivity contribution in [3.63, 3.8) is 0 Å². The van der Waals surface area contributed by atoms with Gasteiger partial charge in [0.25, 0.3) is 0 Å². The molecule has 1 aliphatic carbocycles. The molecule has 0 bridgehead atoms. The van der Waals surface area contributed by atoms with Crippen LogP contribution in [0.3, 0.4) is 0 Å². The molecule has 1 amide bonds. The Kier molecular flexibility index (Phi) is 6.68. The van der Waals surface area contributed by atoms with Crippen LogP contribution in [0.1, 0.15) is 44.7 Å². The molecular formula is C29H30N4O3. The maximum atomic E-state index is 12.0. The second-order valence-corrected chi connectivity index (χ2v) is 9.39. The minimum absolute atomic E-state index is 0.191. The number of carbonyl (C=O) groups excluding carboxylic acids is 1. The first-order chi connectivity index (χ1) is 17.5. The summed E-state index contributed by atoms with van der Waals surface area (Å²) in [6.07, 6.45) is 6.72. The quantitative estimate of drug-likeness (QED) is 0.301. The molecule has 36 heavy (non-hydrogen) atoms. The molecule has 0 aliphatic heterocycles. The smallest absolute Gasteiger partial charge is 0.411 e. The number of nitriles is 1. The van der Waals surface area contributed by atoms with Crippen LogP contribution in [-0.2, 0) is 11.3 Å². The van der Waals surface area contributed by atoms with Crippen LogP contribution in [0.4, 0.5) is 10.5 Å². The molecule has 0 unspecified atom stereocenters. The van der Waals surface area contributed by atoms with Gasteiger partial charge in [0.2, 0.25) is 0 Å². The first-order valence-electron chi connectivity index (χ1n) is 12.4. The van der Waals surface area contributed by atoms with Gasteiger partial charge in [-0.3, -0.25) is 5.32 Å². The minimum Gasteiger partial charge on any atom is -0.492 e. The molecule has 1 saturated carbocycles. The summed E-state index contributed by atoms with van der Waals surface area (Å²) in [7, 11) is 0. The molecule has 0 radical (unpaired) electrons. The molecule has 1 aliphatic rings. The highest BCUT2D eigenvalue weighted by Crippen LogP contribution is 2.43. The summed E-state index contributed by atoms with van der Waals surface area (Å²) in [6.45, 7) is 4.96. The Balaban J connectivity index is 1.47. The summed E-state index contributed by atoms with van der Waals surface area (Å²) in [5.74, 6) is 0.798. The van der Waals surface area contributed by atoms with Crippen molar-refractivity contribution in [2.45, 2.75) is 51.8 Å². The lowest BCUT2D eigenvalue weighted by Crippen LogP contribution is -2.18. The molecule has 4 aromatic rings. The van der Waals surface area contributed by atoms with E-state index in [1.165, 1.54) is 6.42 Å². The first kappa shape index (κ1) is 23.6. The van der Waals surface area contributed by atoms with Gasteiger partial charge in [-0.1, -0.05) is 12.1 Å². The molecule has 7 nitrogen and oxygen atoms in total. The van der Waals surface area contributed by atoms with Crippen molar-refractivity contribution in [2.75, 3.05) is 11.9 Å². The van der Waals surface area contributed by atoms with Crippen LogP contribution in [0.5, 0.6) is 5.75 Å². The number of ether oxygens (including phenoxy) is 2. The van der Waals surface area contributed by atoms with E-state index in [0.29, 0.717) is 23.9 Å². The Labute approximate surface area is 210 Å². The third-order valence-electron chi connectivity index (χ3n) is 6.56. The van der Waals surface area contributed by atoms with Crippen molar-refractivity contribution in [1.29, 1.82) is 5.26 Å². The van der Waals surface area contributed by atoms with Gasteiger partial charge in [-0.2, -0.15) is 5.26 Å². The number of nitrogens with one attached hydrogen (secondary N) is 1. The molecule has 0 spiro atoms. The fourth-order valence-corrected chi connectivity index (χ4v) is 4.66. The van der Waals surface area contributed by atoms with Crippen LogP contribution < -0.4 is 10.1 Å². The van der Waals surface area contributed by atoms with Crippen molar-refractivity contribution in [3.05, 3.63) is 72.6 Å². The molecule has 2 aromatic carbocycles. The zero-order valence-corrected chi connectivity index (χ0v) is 20.6. The Hall–Kier alpha value is -4.18. The van der Waals surface area contributed by atoms with E-state index in [1.54, 1.807) is 0 Å². The maximum absolute atomic E-state index is 12.0. The lowest BCUT2D eigenvalue weighted by atomic mass is 9.92. The predicted molar refractivity (Wildman–Crippen MR) is 140 cm³/mol. The summed E-state index contributed by atoms with van der Waals surface area (Å²) < 4.78 is 15.6. The Bertz CT molecular complexity index is 1390. The monoisotopic (exact) mass is 482 g/mol. The van der Waals surface area contributed by atoms with Crippen LogP contribution in [-0.4, -0.2) is 27.9 Å². The summed E-state index contributed by atoms with van der Waals surface area (Å²) in [5, 5.41) is 13.8. The number of rotatable bonds is 8. The molecule has 2 heterocycles. The van der Waals surface area contributed by atoms with E-state index in [0.717, 1.165) is 47.3 Å². The second-order valence-electron chi connectivity index (χ2n) is 9.39. The SMILES string of the molecule is CC(C)OC(=O)Nc1ccc(-c2c(C#N)c3ccc(OCCn4cccc4)cc3n2C2CCC2)cc1. The van der Waals surface area contributed by atoms with E-state index in [4.69, 9.17) is 9.47 Å². The van der Waals surface area contributed by atoms with Gasteiger partial charge < -0.3 is 18.6 Å². The number of amides is 1. The molecule has 0 saturated heterocycles. The Morgan fingerprint density at radius 3 is 2.53 bits per heavy atom. The van der Waals surface area contributed by atoms with Gasteiger partial charge >= 0.3 is 6.09 Å². The van der Waals surface area contributed by atoms with Crippen LogP contribution in [0.15, 0.2) is 67.0 Å². The van der Waals surface area contributed by atoms with Crippen molar-refractivity contribution in [3.8, 4) is 23.1 Å². The van der Waals surface area contributed by atoms with Crippen molar-refractivity contribution in [2.24, 2.45) is 0 Å². The Morgan fingerprint density at radius 1 is 1.14 bits per heavy atom. The fraction of sp³-hybridized carbons (Fsp3) is 0.310. The molecule has 7 heteroatoms. The number of aromatic nitrogens is 2. The number of hydrogen-bond donors (Lipinski definition) is 1. The van der Waals surface area contributed by atoms with Crippen LogP contribution in [0.2, 0.25) is 0 Å². The standard InChI is InChI=1S/C29H30N4O3/c1-20(2)36-29(34)31-22-10-8-21(9-11-22)28-26(19-30)25-13-12-24(35-17-16-32-14-3-4-15-32)18-27(25)33(28)23-6-5-7-23/h3-4,8-15,18,20,23H,5-7,16-17H2,1-2H3,(H,31,34). The Morgan fingerprint density at radius 2 is 1.89 bits per heavy atom. The second kappa shape index (κ2) is 10.2. The summed E-state index contributed by atoms with van der Waals surface area (Å²) in [6, 6.07) is 20.4. The highest BCUT2D eigenvalue weighted by atomic mass is 16.6. The highest BCUT2D eigenvalue weighted by molar-refractivity contribution is 5.96.